The number of nitrogens with one attached hydrogen (secondary N) is 1. The maximum Gasteiger partial charge on any atom is 0.0613 e. The van der Waals surface area contributed by atoms with E-state index in [1.54, 1.807) is 0 Å². The number of aryl methyl sites for hydroxylation is 1. The van der Waals surface area contributed by atoms with E-state index in [1.165, 1.54) is 27.6 Å². The lowest BCUT2D eigenvalue weighted by atomic mass is 9.96. The topological polar surface area (TPSA) is 15.3 Å². The summed E-state index contributed by atoms with van der Waals surface area (Å²) >= 11 is 3.75. The fraction of sp³-hybridized carbons (Fsp3) is 0.368. The molecule has 3 heteroatoms. The van der Waals surface area contributed by atoms with Crippen LogP contribution in [0.5, 0.6) is 0 Å². The van der Waals surface area contributed by atoms with E-state index < -0.39 is 0 Å². The van der Waals surface area contributed by atoms with Crippen molar-refractivity contribution in [2.24, 2.45) is 0 Å². The van der Waals surface area contributed by atoms with Gasteiger partial charge in [-0.15, -0.1) is 0 Å². The third kappa shape index (κ3) is 3.60. The lowest BCUT2D eigenvalue weighted by Gasteiger charge is -2.32. The van der Waals surface area contributed by atoms with Gasteiger partial charge in [-0.25, -0.2) is 0 Å². The molecule has 0 amide bonds. The van der Waals surface area contributed by atoms with Crippen molar-refractivity contribution in [3.8, 4) is 0 Å². The molecule has 1 heterocycles. The van der Waals surface area contributed by atoms with Crippen molar-refractivity contribution in [2.45, 2.75) is 19.4 Å². The van der Waals surface area contributed by atoms with Crippen LogP contribution in [0.2, 0.25) is 0 Å². The van der Waals surface area contributed by atoms with Crippen molar-refractivity contribution < 1.29 is 0 Å². The first-order valence-corrected chi connectivity index (χ1v) is 8.81. The zero-order valence-electron chi connectivity index (χ0n) is 13.1. The molecule has 2 aromatic rings. The van der Waals surface area contributed by atoms with Crippen molar-refractivity contribution in [3.05, 3.63) is 69.7 Å². The van der Waals surface area contributed by atoms with Crippen LogP contribution in [0.1, 0.15) is 29.2 Å². The van der Waals surface area contributed by atoms with Gasteiger partial charge >= 0.3 is 0 Å². The van der Waals surface area contributed by atoms with Crippen LogP contribution in [0.4, 0.5) is 0 Å². The van der Waals surface area contributed by atoms with Gasteiger partial charge in [0.2, 0.25) is 0 Å². The first kappa shape index (κ1) is 15.7. The predicted molar refractivity (Wildman–Crippen MR) is 96.2 cm³/mol. The Labute approximate surface area is 141 Å². The molecule has 0 bridgehead atoms. The Kier molecular flexibility index (Phi) is 5.29. The maximum absolute atomic E-state index is 3.75. The Hall–Kier alpha value is -1.16. The number of halogens is 1. The quantitative estimate of drug-likeness (QED) is 0.886. The smallest absolute Gasteiger partial charge is 0.0613 e. The number of nitrogens with zero attached hydrogens (tertiary/aromatic N) is 1. The molecule has 0 aliphatic carbocycles. The summed E-state index contributed by atoms with van der Waals surface area (Å²) in [5.41, 5.74) is 4.04. The van der Waals surface area contributed by atoms with E-state index in [0.717, 1.165) is 26.2 Å². The number of benzene rings is 2. The Bertz CT molecular complexity index is 601. The molecular weight excluding hydrogens is 336 g/mol. The summed E-state index contributed by atoms with van der Waals surface area (Å²) < 4.78 is 1.19. The molecule has 1 N–H and O–H groups in total. The Morgan fingerprint density at radius 3 is 2.55 bits per heavy atom. The minimum Gasteiger partial charge on any atom is -0.315 e. The van der Waals surface area contributed by atoms with Gasteiger partial charge in [0.25, 0.3) is 0 Å². The van der Waals surface area contributed by atoms with Gasteiger partial charge in [-0.05, 0) is 37.1 Å². The van der Waals surface area contributed by atoms with Gasteiger partial charge in [0.15, 0.2) is 0 Å². The predicted octanol–water partition coefficient (Wildman–Crippen LogP) is 4.14. The highest BCUT2D eigenvalue weighted by Crippen LogP contribution is 2.33. The number of rotatable bonds is 3. The van der Waals surface area contributed by atoms with Gasteiger partial charge in [0.05, 0.1) is 6.04 Å². The number of hydrogen-bond donors (Lipinski definition) is 1. The average Bonchev–Trinajstić information content (AvgIpc) is 2.80. The van der Waals surface area contributed by atoms with Gasteiger partial charge in [-0.3, -0.25) is 4.90 Å². The number of hydrogen-bond acceptors (Lipinski definition) is 2. The molecule has 1 fully saturated rings. The van der Waals surface area contributed by atoms with Crippen LogP contribution >= 0.6 is 15.9 Å². The molecule has 0 aromatic heterocycles. The molecule has 116 valence electrons. The average molecular weight is 359 g/mol. The Balaban J connectivity index is 2.01. The van der Waals surface area contributed by atoms with Crippen LogP contribution in [0.25, 0.3) is 0 Å². The normalized spacial score (nSPS) is 17.9. The van der Waals surface area contributed by atoms with Crippen LogP contribution in [0.15, 0.2) is 53.0 Å². The summed E-state index contributed by atoms with van der Waals surface area (Å²) in [4.78, 5) is 2.60. The van der Waals surface area contributed by atoms with E-state index >= 15 is 0 Å². The van der Waals surface area contributed by atoms with Crippen LogP contribution in [0.3, 0.4) is 0 Å². The summed E-state index contributed by atoms with van der Waals surface area (Å²) in [6.45, 7) is 6.54. The van der Waals surface area contributed by atoms with E-state index in [2.05, 4.69) is 81.6 Å². The standard InChI is InChI=1S/C19H23BrN2/c1-15-7-9-16(10-8-15)19(17-5-2-3-6-18(17)20)22-13-4-11-21-12-14-22/h2-3,5-10,19,21H,4,11-14H2,1H3. The van der Waals surface area contributed by atoms with Crippen LogP contribution < -0.4 is 5.32 Å². The lowest BCUT2D eigenvalue weighted by molar-refractivity contribution is 0.240. The molecule has 2 nitrogen and oxygen atoms in total. The fourth-order valence-electron chi connectivity index (χ4n) is 3.16. The van der Waals surface area contributed by atoms with Crippen molar-refractivity contribution in [1.29, 1.82) is 0 Å². The van der Waals surface area contributed by atoms with Crippen molar-refractivity contribution in [1.82, 2.24) is 10.2 Å². The highest BCUT2D eigenvalue weighted by atomic mass is 79.9. The largest absolute Gasteiger partial charge is 0.315 e. The lowest BCUT2D eigenvalue weighted by Crippen LogP contribution is -2.33. The third-order valence-electron chi connectivity index (χ3n) is 4.33. The molecule has 1 unspecified atom stereocenters. The molecule has 0 radical (unpaired) electrons. The van der Waals surface area contributed by atoms with E-state index in [-0.39, 0.29) is 0 Å². The van der Waals surface area contributed by atoms with E-state index in [0.29, 0.717) is 6.04 Å². The minimum atomic E-state index is 0.316. The fourth-order valence-corrected chi connectivity index (χ4v) is 3.66. The molecule has 2 aromatic carbocycles. The maximum atomic E-state index is 3.75. The van der Waals surface area contributed by atoms with Gasteiger partial charge in [0, 0.05) is 24.1 Å². The minimum absolute atomic E-state index is 0.316. The van der Waals surface area contributed by atoms with Gasteiger partial charge in [-0.2, -0.15) is 0 Å². The van der Waals surface area contributed by atoms with Gasteiger partial charge in [0.1, 0.15) is 0 Å². The summed E-state index contributed by atoms with van der Waals surface area (Å²) in [5, 5.41) is 3.51. The molecule has 1 aliphatic heterocycles. The van der Waals surface area contributed by atoms with Crippen molar-refractivity contribution in [2.75, 3.05) is 26.2 Å². The second-order valence-electron chi connectivity index (χ2n) is 5.97. The van der Waals surface area contributed by atoms with Crippen molar-refractivity contribution in [3.63, 3.8) is 0 Å². The zero-order valence-corrected chi connectivity index (χ0v) is 14.6. The SMILES string of the molecule is Cc1ccc(C(c2ccccc2Br)N2CCCNCC2)cc1. The molecule has 22 heavy (non-hydrogen) atoms. The van der Waals surface area contributed by atoms with Gasteiger partial charge in [-0.1, -0.05) is 64.0 Å². The summed E-state index contributed by atoms with van der Waals surface area (Å²) in [6, 6.07) is 17.9. The van der Waals surface area contributed by atoms with Gasteiger partial charge < -0.3 is 5.32 Å². The Morgan fingerprint density at radius 1 is 1.00 bits per heavy atom. The highest BCUT2D eigenvalue weighted by Gasteiger charge is 2.24. The molecule has 1 saturated heterocycles. The molecule has 0 saturated carbocycles. The van der Waals surface area contributed by atoms with Crippen molar-refractivity contribution >= 4 is 15.9 Å². The molecule has 0 spiro atoms. The third-order valence-corrected chi connectivity index (χ3v) is 5.05. The van der Waals surface area contributed by atoms with E-state index in [9.17, 15) is 0 Å². The highest BCUT2D eigenvalue weighted by molar-refractivity contribution is 9.10. The second-order valence-corrected chi connectivity index (χ2v) is 6.83. The molecule has 1 atom stereocenters. The zero-order chi connectivity index (χ0) is 15.4. The first-order chi connectivity index (χ1) is 10.8. The summed E-state index contributed by atoms with van der Waals surface area (Å²) in [6.07, 6.45) is 1.20. The van der Waals surface area contributed by atoms with E-state index in [1.807, 2.05) is 0 Å². The molecule has 3 rings (SSSR count). The van der Waals surface area contributed by atoms with Crippen LogP contribution in [-0.4, -0.2) is 31.1 Å². The van der Waals surface area contributed by atoms with Crippen LogP contribution in [0, 0.1) is 6.92 Å². The molecular formula is C19H23BrN2. The second kappa shape index (κ2) is 7.40. The Morgan fingerprint density at radius 2 is 1.77 bits per heavy atom. The first-order valence-electron chi connectivity index (χ1n) is 8.01. The van der Waals surface area contributed by atoms with E-state index in [4.69, 9.17) is 0 Å². The summed E-state index contributed by atoms with van der Waals surface area (Å²) in [7, 11) is 0. The monoisotopic (exact) mass is 358 g/mol. The molecule has 1 aliphatic rings. The van der Waals surface area contributed by atoms with Crippen LogP contribution in [-0.2, 0) is 0 Å². The summed E-state index contributed by atoms with van der Waals surface area (Å²) in [5.74, 6) is 0.